The first-order chi connectivity index (χ1) is 13.3. The normalized spacial score (nSPS) is 12.3. The second-order valence-corrected chi connectivity index (χ2v) is 8.73. The zero-order valence-corrected chi connectivity index (χ0v) is 17.6. The Bertz CT molecular complexity index is 1050. The minimum Gasteiger partial charge on any atom is -0.325 e. The lowest BCUT2D eigenvalue weighted by molar-refractivity contribution is -0.115. The number of carbonyl (C=O) groups excluding carboxylic acids is 1. The Morgan fingerprint density at radius 2 is 1.89 bits per heavy atom. The maximum atomic E-state index is 13.0. The van der Waals surface area contributed by atoms with Gasteiger partial charge in [-0.2, -0.15) is 0 Å². The Hall–Kier alpha value is -2.31. The second kappa shape index (κ2) is 8.80. The Labute approximate surface area is 173 Å². The maximum absolute atomic E-state index is 13.0. The van der Waals surface area contributed by atoms with Gasteiger partial charge in [0.15, 0.2) is 5.16 Å². The van der Waals surface area contributed by atoms with Crippen LogP contribution in [-0.2, 0) is 11.3 Å². The van der Waals surface area contributed by atoms with Gasteiger partial charge in [-0.1, -0.05) is 55.4 Å². The number of halogens is 1. The molecule has 28 heavy (non-hydrogen) atoms. The van der Waals surface area contributed by atoms with E-state index in [9.17, 15) is 9.59 Å². The zero-order chi connectivity index (χ0) is 20.3. The predicted molar refractivity (Wildman–Crippen MR) is 116 cm³/mol. The molecule has 0 saturated heterocycles. The van der Waals surface area contributed by atoms with Gasteiger partial charge in [-0.15, -0.1) is 0 Å². The van der Waals surface area contributed by atoms with Crippen molar-refractivity contribution in [2.75, 3.05) is 5.32 Å². The van der Waals surface area contributed by atoms with Gasteiger partial charge in [-0.05, 0) is 43.2 Å². The van der Waals surface area contributed by atoms with Crippen LogP contribution in [0.15, 0.2) is 58.5 Å². The van der Waals surface area contributed by atoms with Crippen LogP contribution in [0, 0.1) is 5.92 Å². The number of amides is 1. The van der Waals surface area contributed by atoms with Crippen LogP contribution >= 0.6 is 23.4 Å². The fourth-order valence-corrected chi connectivity index (χ4v) is 3.86. The zero-order valence-electron chi connectivity index (χ0n) is 16.0. The van der Waals surface area contributed by atoms with Crippen molar-refractivity contribution in [3.8, 4) is 0 Å². The molecule has 0 aliphatic rings. The van der Waals surface area contributed by atoms with Crippen molar-refractivity contribution in [2.45, 2.75) is 37.7 Å². The molecule has 3 rings (SSSR count). The standard InChI is InChI=1S/C21H22ClN3O2S/c1-13(2)12-25-20(27)17-11-15(22)9-10-18(17)24-21(25)28-14(3)19(26)23-16-7-5-4-6-8-16/h4-11,13-14H,12H2,1-3H3,(H,23,26)/t14-/m0/s1. The van der Waals surface area contributed by atoms with Crippen LogP contribution < -0.4 is 10.9 Å². The van der Waals surface area contributed by atoms with Crippen LogP contribution in [0.3, 0.4) is 0 Å². The lowest BCUT2D eigenvalue weighted by Gasteiger charge is -2.17. The van der Waals surface area contributed by atoms with Gasteiger partial charge < -0.3 is 5.32 Å². The first-order valence-electron chi connectivity index (χ1n) is 9.08. The number of hydrogen-bond donors (Lipinski definition) is 1. The molecule has 1 aromatic heterocycles. The molecule has 0 aliphatic carbocycles. The Kier molecular flexibility index (Phi) is 6.42. The molecule has 7 heteroatoms. The Morgan fingerprint density at radius 3 is 2.57 bits per heavy atom. The van der Waals surface area contributed by atoms with E-state index in [-0.39, 0.29) is 17.4 Å². The predicted octanol–water partition coefficient (Wildman–Crippen LogP) is 4.83. The topological polar surface area (TPSA) is 64.0 Å². The third-order valence-corrected chi connectivity index (χ3v) is 5.45. The van der Waals surface area contributed by atoms with Crippen molar-refractivity contribution >= 4 is 45.9 Å². The molecule has 0 bridgehead atoms. The average Bonchev–Trinajstić information content (AvgIpc) is 2.66. The third kappa shape index (κ3) is 4.75. The highest BCUT2D eigenvalue weighted by Gasteiger charge is 2.20. The summed E-state index contributed by atoms with van der Waals surface area (Å²) in [6.07, 6.45) is 0. The van der Waals surface area contributed by atoms with E-state index < -0.39 is 5.25 Å². The molecular formula is C21H22ClN3O2S. The van der Waals surface area contributed by atoms with Crippen molar-refractivity contribution in [1.29, 1.82) is 0 Å². The van der Waals surface area contributed by atoms with Crippen molar-refractivity contribution in [2.24, 2.45) is 5.92 Å². The summed E-state index contributed by atoms with van der Waals surface area (Å²) in [6.45, 7) is 6.40. The number of rotatable bonds is 6. The Morgan fingerprint density at radius 1 is 1.18 bits per heavy atom. The number of carbonyl (C=O) groups is 1. The molecule has 0 unspecified atom stereocenters. The fraction of sp³-hybridized carbons (Fsp3) is 0.286. The number of hydrogen-bond acceptors (Lipinski definition) is 4. The molecule has 0 fully saturated rings. The van der Waals surface area contributed by atoms with Crippen LogP contribution in [0.5, 0.6) is 0 Å². The van der Waals surface area contributed by atoms with E-state index in [1.165, 1.54) is 11.8 Å². The monoisotopic (exact) mass is 415 g/mol. The first-order valence-corrected chi connectivity index (χ1v) is 10.3. The van der Waals surface area contributed by atoms with E-state index in [1.807, 2.05) is 44.2 Å². The summed E-state index contributed by atoms with van der Waals surface area (Å²) in [6, 6.07) is 14.4. The molecule has 1 N–H and O–H groups in total. The average molecular weight is 416 g/mol. The van der Waals surface area contributed by atoms with Gasteiger partial charge in [0.1, 0.15) is 0 Å². The molecule has 0 aliphatic heterocycles. The summed E-state index contributed by atoms with van der Waals surface area (Å²) >= 11 is 7.34. The molecule has 146 valence electrons. The highest BCUT2D eigenvalue weighted by molar-refractivity contribution is 8.00. The maximum Gasteiger partial charge on any atom is 0.262 e. The molecule has 1 amide bonds. The number of fused-ring (bicyclic) bond motifs is 1. The van der Waals surface area contributed by atoms with Gasteiger partial charge in [-0.3, -0.25) is 14.2 Å². The van der Waals surface area contributed by atoms with E-state index >= 15 is 0 Å². The van der Waals surface area contributed by atoms with Crippen molar-refractivity contribution in [3.63, 3.8) is 0 Å². The van der Waals surface area contributed by atoms with Gasteiger partial charge in [-0.25, -0.2) is 4.98 Å². The molecule has 2 aromatic carbocycles. The lowest BCUT2D eigenvalue weighted by atomic mass is 10.2. The summed E-state index contributed by atoms with van der Waals surface area (Å²) in [5.74, 6) is 0.113. The molecule has 5 nitrogen and oxygen atoms in total. The van der Waals surface area contributed by atoms with Crippen LogP contribution in [0.2, 0.25) is 5.02 Å². The van der Waals surface area contributed by atoms with Crippen molar-refractivity contribution in [3.05, 3.63) is 63.9 Å². The van der Waals surface area contributed by atoms with Crippen LogP contribution in [-0.4, -0.2) is 20.7 Å². The van der Waals surface area contributed by atoms with Gasteiger partial charge in [0.25, 0.3) is 5.56 Å². The van der Waals surface area contributed by atoms with E-state index in [4.69, 9.17) is 11.6 Å². The smallest absolute Gasteiger partial charge is 0.262 e. The number of anilines is 1. The molecule has 1 heterocycles. The molecule has 0 spiro atoms. The fourth-order valence-electron chi connectivity index (χ4n) is 2.77. The number of nitrogens with one attached hydrogen (secondary N) is 1. The van der Waals surface area contributed by atoms with Crippen molar-refractivity contribution < 1.29 is 4.79 Å². The van der Waals surface area contributed by atoms with Gasteiger partial charge in [0.05, 0.1) is 16.2 Å². The largest absolute Gasteiger partial charge is 0.325 e. The summed E-state index contributed by atoms with van der Waals surface area (Å²) < 4.78 is 1.64. The number of nitrogens with zero attached hydrogens (tertiary/aromatic N) is 2. The number of para-hydroxylation sites is 1. The minimum atomic E-state index is -0.421. The summed E-state index contributed by atoms with van der Waals surface area (Å²) in [4.78, 5) is 30.3. The van der Waals surface area contributed by atoms with Crippen LogP contribution in [0.1, 0.15) is 20.8 Å². The van der Waals surface area contributed by atoms with Crippen LogP contribution in [0.4, 0.5) is 5.69 Å². The van der Waals surface area contributed by atoms with Crippen molar-refractivity contribution in [1.82, 2.24) is 9.55 Å². The van der Waals surface area contributed by atoms with Gasteiger partial charge >= 0.3 is 0 Å². The van der Waals surface area contributed by atoms with E-state index in [1.54, 1.807) is 29.7 Å². The molecular weight excluding hydrogens is 394 g/mol. The summed E-state index contributed by atoms with van der Waals surface area (Å²) in [5, 5.41) is 3.98. The van der Waals surface area contributed by atoms with Gasteiger partial charge in [0, 0.05) is 17.3 Å². The van der Waals surface area contributed by atoms with E-state index in [0.717, 1.165) is 5.69 Å². The number of aromatic nitrogens is 2. The SMILES string of the molecule is CC(C)Cn1c(S[C@@H](C)C(=O)Nc2ccccc2)nc2ccc(Cl)cc2c1=O. The Balaban J connectivity index is 1.93. The second-order valence-electron chi connectivity index (χ2n) is 6.98. The highest BCUT2D eigenvalue weighted by atomic mass is 35.5. The first kappa shape index (κ1) is 20.4. The van der Waals surface area contributed by atoms with E-state index in [0.29, 0.717) is 27.6 Å². The molecule has 0 saturated carbocycles. The lowest BCUT2D eigenvalue weighted by Crippen LogP contribution is -2.28. The van der Waals surface area contributed by atoms with E-state index in [2.05, 4.69) is 10.3 Å². The minimum absolute atomic E-state index is 0.139. The van der Waals surface area contributed by atoms with Crippen LogP contribution in [0.25, 0.3) is 10.9 Å². The third-order valence-electron chi connectivity index (χ3n) is 4.12. The summed E-state index contributed by atoms with van der Waals surface area (Å²) in [5.41, 5.74) is 1.17. The highest BCUT2D eigenvalue weighted by Crippen LogP contribution is 2.25. The number of thioether (sulfide) groups is 1. The number of benzene rings is 2. The molecule has 3 aromatic rings. The van der Waals surface area contributed by atoms with Gasteiger partial charge in [0.2, 0.25) is 5.91 Å². The summed E-state index contributed by atoms with van der Waals surface area (Å²) in [7, 11) is 0. The quantitative estimate of drug-likeness (QED) is 0.462. The molecule has 0 radical (unpaired) electrons. The molecule has 1 atom stereocenters.